The average molecular weight is 394 g/mol. The summed E-state index contributed by atoms with van der Waals surface area (Å²) in [4.78, 5) is 12.8. The van der Waals surface area contributed by atoms with Gasteiger partial charge in [0, 0.05) is 12.3 Å². The minimum Gasteiger partial charge on any atom is -0.276 e. The molecule has 0 unspecified atom stereocenters. The zero-order valence-corrected chi connectivity index (χ0v) is 16.2. The van der Waals surface area contributed by atoms with Gasteiger partial charge in [0.25, 0.3) is 5.56 Å². The lowest BCUT2D eigenvalue weighted by atomic mass is 10.1. The van der Waals surface area contributed by atoms with Gasteiger partial charge in [-0.05, 0) is 35.7 Å². The maximum atomic E-state index is 13.8. The van der Waals surface area contributed by atoms with Crippen molar-refractivity contribution in [2.24, 2.45) is 0 Å². The van der Waals surface area contributed by atoms with Crippen molar-refractivity contribution in [3.8, 4) is 0 Å². The molecule has 0 aliphatic heterocycles. The van der Waals surface area contributed by atoms with Gasteiger partial charge in [-0.2, -0.15) is 0 Å². The van der Waals surface area contributed by atoms with Crippen LogP contribution in [0.5, 0.6) is 0 Å². The zero-order valence-electron chi connectivity index (χ0n) is 15.4. The Morgan fingerprint density at radius 2 is 1.96 bits per heavy atom. The van der Waals surface area contributed by atoms with Gasteiger partial charge in [-0.1, -0.05) is 55.6 Å². The van der Waals surface area contributed by atoms with Gasteiger partial charge in [0.1, 0.15) is 5.82 Å². The summed E-state index contributed by atoms with van der Waals surface area (Å²) in [5.74, 6) is 0.750. The first kappa shape index (κ1) is 18.4. The van der Waals surface area contributed by atoms with Crippen LogP contribution in [0.2, 0.25) is 0 Å². The largest absolute Gasteiger partial charge is 0.276 e. The quantitative estimate of drug-likeness (QED) is 0.451. The van der Waals surface area contributed by atoms with Crippen LogP contribution in [0.1, 0.15) is 24.5 Å². The molecule has 0 aliphatic rings. The molecule has 7 heteroatoms. The van der Waals surface area contributed by atoms with E-state index in [0.29, 0.717) is 34.1 Å². The molecular formula is C21H19FN4OS. The number of hydrogen-bond donors (Lipinski definition) is 0. The highest BCUT2D eigenvalue weighted by atomic mass is 32.2. The molecule has 0 saturated heterocycles. The number of thioether (sulfide) groups is 1. The Labute approximate surface area is 165 Å². The van der Waals surface area contributed by atoms with Crippen LogP contribution in [0.3, 0.4) is 0 Å². The Morgan fingerprint density at radius 3 is 2.68 bits per heavy atom. The fraction of sp³-hybridized carbons (Fsp3) is 0.190. The van der Waals surface area contributed by atoms with E-state index in [-0.39, 0.29) is 5.56 Å². The fourth-order valence-corrected chi connectivity index (χ4v) is 4.07. The molecule has 2 heterocycles. The minimum atomic E-state index is -0.434. The van der Waals surface area contributed by atoms with Crippen molar-refractivity contribution >= 4 is 34.5 Å². The molecule has 142 valence electrons. The lowest BCUT2D eigenvalue weighted by Gasteiger charge is -2.10. The molecule has 0 spiro atoms. The SMILES string of the molecule is C=Cc1ccc(CSc2nnc3n(CCC)c(=O)c4cc(F)ccc4n23)cc1. The summed E-state index contributed by atoms with van der Waals surface area (Å²) in [5, 5.41) is 9.57. The van der Waals surface area contributed by atoms with Crippen LogP contribution in [0, 0.1) is 5.82 Å². The van der Waals surface area contributed by atoms with Crippen molar-refractivity contribution < 1.29 is 4.39 Å². The third kappa shape index (κ3) is 3.22. The Kier molecular flexibility index (Phi) is 5.00. The first-order chi connectivity index (χ1) is 13.6. The predicted molar refractivity (Wildman–Crippen MR) is 111 cm³/mol. The molecule has 0 bridgehead atoms. The van der Waals surface area contributed by atoms with Crippen molar-refractivity contribution in [2.75, 3.05) is 0 Å². The minimum absolute atomic E-state index is 0.243. The van der Waals surface area contributed by atoms with E-state index < -0.39 is 5.82 Å². The van der Waals surface area contributed by atoms with Crippen molar-refractivity contribution in [1.29, 1.82) is 0 Å². The Balaban J connectivity index is 1.81. The number of hydrogen-bond acceptors (Lipinski definition) is 4. The van der Waals surface area contributed by atoms with Gasteiger partial charge in [0.2, 0.25) is 5.78 Å². The summed E-state index contributed by atoms with van der Waals surface area (Å²) in [6, 6.07) is 12.4. The highest BCUT2D eigenvalue weighted by Gasteiger charge is 2.17. The number of aromatic nitrogens is 4. The lowest BCUT2D eigenvalue weighted by Crippen LogP contribution is -2.23. The monoisotopic (exact) mass is 394 g/mol. The molecule has 0 radical (unpaired) electrons. The van der Waals surface area contributed by atoms with E-state index >= 15 is 0 Å². The second-order valence-electron chi connectivity index (χ2n) is 6.47. The van der Waals surface area contributed by atoms with Gasteiger partial charge in [0.05, 0.1) is 10.9 Å². The molecule has 4 aromatic rings. The number of halogens is 1. The van der Waals surface area contributed by atoms with Gasteiger partial charge in [-0.25, -0.2) is 4.39 Å². The summed E-state index contributed by atoms with van der Waals surface area (Å²) >= 11 is 1.53. The molecule has 0 N–H and O–H groups in total. The van der Waals surface area contributed by atoms with E-state index in [0.717, 1.165) is 17.5 Å². The Bertz CT molecular complexity index is 1230. The highest BCUT2D eigenvalue weighted by Crippen LogP contribution is 2.25. The summed E-state index contributed by atoms with van der Waals surface area (Å²) in [5.41, 5.74) is 2.58. The van der Waals surface area contributed by atoms with Gasteiger partial charge in [0.15, 0.2) is 5.16 Å². The molecule has 2 aromatic heterocycles. The van der Waals surface area contributed by atoms with Crippen molar-refractivity contribution in [2.45, 2.75) is 30.8 Å². The van der Waals surface area contributed by atoms with E-state index in [4.69, 9.17) is 0 Å². The standard InChI is InChI=1S/C21H19FN4OS/c1-3-11-25-19(27)17-12-16(22)9-10-18(17)26-20(25)23-24-21(26)28-13-15-7-5-14(4-2)6-8-15/h4-10,12H,2-3,11,13H2,1H3. The normalized spacial score (nSPS) is 11.4. The van der Waals surface area contributed by atoms with Gasteiger partial charge in [-0.3, -0.25) is 13.8 Å². The van der Waals surface area contributed by atoms with Gasteiger partial charge < -0.3 is 0 Å². The molecule has 4 rings (SSSR count). The third-order valence-corrected chi connectivity index (χ3v) is 5.56. The first-order valence-corrected chi connectivity index (χ1v) is 10.0. The topological polar surface area (TPSA) is 52.2 Å². The second-order valence-corrected chi connectivity index (χ2v) is 7.41. The Morgan fingerprint density at radius 1 is 1.18 bits per heavy atom. The fourth-order valence-electron chi connectivity index (χ4n) is 3.18. The van der Waals surface area contributed by atoms with Crippen LogP contribution in [0.4, 0.5) is 4.39 Å². The number of nitrogens with zero attached hydrogens (tertiary/aromatic N) is 4. The third-order valence-electron chi connectivity index (χ3n) is 4.56. The first-order valence-electron chi connectivity index (χ1n) is 9.03. The van der Waals surface area contributed by atoms with E-state index in [9.17, 15) is 9.18 Å². The predicted octanol–water partition coefficient (Wildman–Crippen LogP) is 4.53. The molecule has 2 aromatic carbocycles. The highest BCUT2D eigenvalue weighted by molar-refractivity contribution is 7.98. The summed E-state index contributed by atoms with van der Waals surface area (Å²) in [6.07, 6.45) is 2.57. The number of rotatable bonds is 6. The zero-order chi connectivity index (χ0) is 19.7. The molecule has 0 saturated carbocycles. The van der Waals surface area contributed by atoms with Crippen LogP contribution in [0.15, 0.2) is 59.0 Å². The Hall–Kier alpha value is -2.93. The van der Waals surface area contributed by atoms with Gasteiger partial charge in [-0.15, -0.1) is 10.2 Å². The van der Waals surface area contributed by atoms with Crippen LogP contribution in [0.25, 0.3) is 22.8 Å². The number of benzene rings is 2. The molecule has 0 aliphatic carbocycles. The second kappa shape index (κ2) is 7.59. The van der Waals surface area contributed by atoms with Crippen molar-refractivity contribution in [3.63, 3.8) is 0 Å². The molecule has 0 atom stereocenters. The molecule has 5 nitrogen and oxygen atoms in total. The molecular weight excluding hydrogens is 375 g/mol. The van der Waals surface area contributed by atoms with E-state index in [2.05, 4.69) is 16.8 Å². The van der Waals surface area contributed by atoms with Gasteiger partial charge >= 0.3 is 0 Å². The van der Waals surface area contributed by atoms with Crippen molar-refractivity contribution in [1.82, 2.24) is 19.2 Å². The lowest BCUT2D eigenvalue weighted by molar-refractivity contribution is 0.627. The number of aryl methyl sites for hydroxylation is 1. The molecule has 0 fully saturated rings. The summed E-state index contributed by atoms with van der Waals surface area (Å²) in [7, 11) is 0. The van der Waals surface area contributed by atoms with Crippen molar-refractivity contribution in [3.05, 3.63) is 76.3 Å². The smallest absolute Gasteiger partial charge is 0.262 e. The van der Waals surface area contributed by atoms with Crippen LogP contribution in [-0.4, -0.2) is 19.2 Å². The molecule has 28 heavy (non-hydrogen) atoms. The van der Waals surface area contributed by atoms with E-state index in [1.807, 2.05) is 35.6 Å². The summed E-state index contributed by atoms with van der Waals surface area (Å²) in [6.45, 7) is 6.25. The molecule has 0 amide bonds. The number of fused-ring (bicyclic) bond motifs is 3. The van der Waals surface area contributed by atoms with Crippen LogP contribution < -0.4 is 5.56 Å². The maximum absolute atomic E-state index is 13.8. The maximum Gasteiger partial charge on any atom is 0.262 e. The summed E-state index contributed by atoms with van der Waals surface area (Å²) < 4.78 is 17.2. The average Bonchev–Trinajstić information content (AvgIpc) is 3.13. The van der Waals surface area contributed by atoms with E-state index in [1.165, 1.54) is 23.9 Å². The van der Waals surface area contributed by atoms with Crippen LogP contribution >= 0.6 is 11.8 Å². The van der Waals surface area contributed by atoms with Crippen LogP contribution in [-0.2, 0) is 12.3 Å². The van der Waals surface area contributed by atoms with E-state index in [1.54, 1.807) is 16.7 Å².